The van der Waals surface area contributed by atoms with E-state index in [4.69, 9.17) is 9.47 Å². The first kappa shape index (κ1) is 21.5. The second-order valence-corrected chi connectivity index (χ2v) is 7.37. The second-order valence-electron chi connectivity index (χ2n) is 7.37. The summed E-state index contributed by atoms with van der Waals surface area (Å²) in [7, 11) is 0. The molecule has 1 amide bonds. The number of amides is 1. The maximum absolute atomic E-state index is 12.3. The summed E-state index contributed by atoms with van der Waals surface area (Å²) in [4.78, 5) is 38.0. The zero-order valence-corrected chi connectivity index (χ0v) is 17.6. The molecule has 2 aromatic rings. The molecular formula is C22H27N3O5. The number of likely N-dealkylation sites (tertiary alicyclic amines) is 1. The average Bonchev–Trinajstić information content (AvgIpc) is 3.10. The first-order valence-corrected chi connectivity index (χ1v) is 10.1. The fourth-order valence-corrected chi connectivity index (χ4v) is 3.56. The van der Waals surface area contributed by atoms with Crippen LogP contribution in [-0.2, 0) is 19.1 Å². The standard InChI is InChI=1S/C22H27N3O5/c1-4-29-21(27)18-9-11-24(12-10-18)20(26)14-30-22(28)17-5-7-19(8-6-17)25-16(3)13-15(2)23-25/h5-8,13,18H,4,9-12,14H2,1-3H3. The monoisotopic (exact) mass is 413 g/mol. The summed E-state index contributed by atoms with van der Waals surface area (Å²) in [5.41, 5.74) is 3.13. The first-order valence-electron chi connectivity index (χ1n) is 10.1. The van der Waals surface area contributed by atoms with E-state index in [9.17, 15) is 14.4 Å². The van der Waals surface area contributed by atoms with E-state index in [0.717, 1.165) is 17.1 Å². The van der Waals surface area contributed by atoms with Gasteiger partial charge in [0.25, 0.3) is 5.91 Å². The molecule has 0 bridgehead atoms. The highest BCUT2D eigenvalue weighted by atomic mass is 16.5. The lowest BCUT2D eigenvalue weighted by atomic mass is 9.97. The number of hydrogen-bond donors (Lipinski definition) is 0. The van der Waals surface area contributed by atoms with Gasteiger partial charge in [0.05, 0.1) is 29.5 Å². The molecule has 2 heterocycles. The van der Waals surface area contributed by atoms with Crippen LogP contribution < -0.4 is 0 Å². The third-order valence-electron chi connectivity index (χ3n) is 5.15. The molecule has 0 saturated carbocycles. The molecule has 1 aromatic heterocycles. The van der Waals surface area contributed by atoms with E-state index in [1.54, 1.807) is 40.8 Å². The Labute approximate surface area is 175 Å². The SMILES string of the molecule is CCOC(=O)C1CCN(C(=O)COC(=O)c2ccc(-n3nc(C)cc3C)cc2)CC1. The number of esters is 2. The van der Waals surface area contributed by atoms with Crippen LogP contribution in [0.25, 0.3) is 5.69 Å². The minimum atomic E-state index is -0.551. The highest BCUT2D eigenvalue weighted by Crippen LogP contribution is 2.19. The van der Waals surface area contributed by atoms with Gasteiger partial charge in [0, 0.05) is 18.8 Å². The van der Waals surface area contributed by atoms with Gasteiger partial charge >= 0.3 is 11.9 Å². The number of rotatable bonds is 6. The number of carbonyl (C=O) groups is 3. The maximum Gasteiger partial charge on any atom is 0.338 e. The summed E-state index contributed by atoms with van der Waals surface area (Å²) in [6.07, 6.45) is 1.12. The average molecular weight is 413 g/mol. The molecule has 1 saturated heterocycles. The smallest absolute Gasteiger partial charge is 0.338 e. The van der Waals surface area contributed by atoms with Crippen LogP contribution in [0.15, 0.2) is 30.3 Å². The zero-order valence-electron chi connectivity index (χ0n) is 17.6. The van der Waals surface area contributed by atoms with Gasteiger partial charge < -0.3 is 14.4 Å². The van der Waals surface area contributed by atoms with Crippen molar-refractivity contribution < 1.29 is 23.9 Å². The van der Waals surface area contributed by atoms with E-state index in [1.807, 2.05) is 19.9 Å². The Hall–Kier alpha value is -3.16. The minimum absolute atomic E-state index is 0.169. The van der Waals surface area contributed by atoms with Crippen molar-refractivity contribution in [3.05, 3.63) is 47.3 Å². The molecule has 8 nitrogen and oxygen atoms in total. The molecule has 0 spiro atoms. The third-order valence-corrected chi connectivity index (χ3v) is 5.15. The van der Waals surface area contributed by atoms with E-state index in [-0.39, 0.29) is 24.4 Å². The molecule has 1 fully saturated rings. The Morgan fingerprint density at radius 3 is 2.30 bits per heavy atom. The van der Waals surface area contributed by atoms with Gasteiger partial charge in [0.2, 0.25) is 0 Å². The largest absolute Gasteiger partial charge is 0.466 e. The van der Waals surface area contributed by atoms with Crippen LogP contribution in [0.1, 0.15) is 41.5 Å². The van der Waals surface area contributed by atoms with Gasteiger partial charge in [-0.3, -0.25) is 9.59 Å². The topological polar surface area (TPSA) is 90.7 Å². The molecule has 3 rings (SSSR count). The van der Waals surface area contributed by atoms with Crippen molar-refractivity contribution in [3.8, 4) is 5.69 Å². The number of piperidine rings is 1. The quantitative estimate of drug-likeness (QED) is 0.676. The van der Waals surface area contributed by atoms with Crippen molar-refractivity contribution in [2.75, 3.05) is 26.3 Å². The molecule has 0 N–H and O–H groups in total. The molecule has 1 aliphatic rings. The molecular weight excluding hydrogens is 386 g/mol. The van der Waals surface area contributed by atoms with Crippen LogP contribution in [0, 0.1) is 19.8 Å². The Bertz CT molecular complexity index is 911. The van der Waals surface area contributed by atoms with Crippen LogP contribution >= 0.6 is 0 Å². The van der Waals surface area contributed by atoms with Crippen LogP contribution in [0.4, 0.5) is 0 Å². The van der Waals surface area contributed by atoms with E-state index >= 15 is 0 Å². The molecule has 1 aromatic carbocycles. The zero-order chi connectivity index (χ0) is 21.7. The normalized spacial score (nSPS) is 14.4. The van der Waals surface area contributed by atoms with E-state index in [0.29, 0.717) is 38.1 Å². The Morgan fingerprint density at radius 1 is 1.07 bits per heavy atom. The van der Waals surface area contributed by atoms with Crippen molar-refractivity contribution >= 4 is 17.8 Å². The summed E-state index contributed by atoms with van der Waals surface area (Å²) in [5, 5.41) is 4.41. The fraction of sp³-hybridized carbons (Fsp3) is 0.455. The number of carbonyl (C=O) groups excluding carboxylic acids is 3. The van der Waals surface area contributed by atoms with Gasteiger partial charge in [0.1, 0.15) is 0 Å². The van der Waals surface area contributed by atoms with E-state index in [2.05, 4.69) is 5.10 Å². The van der Waals surface area contributed by atoms with Crippen molar-refractivity contribution in [2.24, 2.45) is 5.92 Å². The second kappa shape index (κ2) is 9.56. The van der Waals surface area contributed by atoms with Gasteiger partial charge in [-0.1, -0.05) is 0 Å². The molecule has 8 heteroatoms. The van der Waals surface area contributed by atoms with Gasteiger partial charge in [-0.25, -0.2) is 9.48 Å². The fourth-order valence-electron chi connectivity index (χ4n) is 3.56. The summed E-state index contributed by atoms with van der Waals surface area (Å²) in [6.45, 7) is 6.61. The number of aryl methyl sites for hydroxylation is 2. The van der Waals surface area contributed by atoms with Crippen LogP contribution in [0.3, 0.4) is 0 Å². The summed E-state index contributed by atoms with van der Waals surface area (Å²) in [5.74, 6) is -1.19. The predicted octanol–water partition coefficient (Wildman–Crippen LogP) is 2.45. The summed E-state index contributed by atoms with van der Waals surface area (Å²) in [6, 6.07) is 8.87. The molecule has 160 valence electrons. The van der Waals surface area contributed by atoms with Crippen LogP contribution in [-0.4, -0.2) is 58.8 Å². The number of ether oxygens (including phenoxy) is 2. The lowest BCUT2D eigenvalue weighted by Gasteiger charge is -2.30. The van der Waals surface area contributed by atoms with Gasteiger partial charge in [-0.05, 0) is 63.9 Å². The lowest BCUT2D eigenvalue weighted by Crippen LogP contribution is -2.42. The maximum atomic E-state index is 12.3. The van der Waals surface area contributed by atoms with Crippen molar-refractivity contribution in [3.63, 3.8) is 0 Å². The Morgan fingerprint density at radius 2 is 1.73 bits per heavy atom. The minimum Gasteiger partial charge on any atom is -0.466 e. The Kier molecular flexibility index (Phi) is 6.87. The molecule has 0 aliphatic carbocycles. The van der Waals surface area contributed by atoms with E-state index in [1.165, 1.54) is 0 Å². The molecule has 30 heavy (non-hydrogen) atoms. The van der Waals surface area contributed by atoms with Crippen LogP contribution in [0.2, 0.25) is 0 Å². The highest BCUT2D eigenvalue weighted by Gasteiger charge is 2.28. The molecule has 1 aliphatic heterocycles. The van der Waals surface area contributed by atoms with Crippen molar-refractivity contribution in [2.45, 2.75) is 33.6 Å². The van der Waals surface area contributed by atoms with Gasteiger partial charge in [0.15, 0.2) is 6.61 Å². The number of benzene rings is 1. The van der Waals surface area contributed by atoms with Gasteiger partial charge in [-0.15, -0.1) is 0 Å². The molecule has 0 unspecified atom stereocenters. The molecule has 0 atom stereocenters. The number of nitrogens with zero attached hydrogens (tertiary/aromatic N) is 3. The van der Waals surface area contributed by atoms with Crippen molar-refractivity contribution in [1.82, 2.24) is 14.7 Å². The van der Waals surface area contributed by atoms with E-state index < -0.39 is 5.97 Å². The number of hydrogen-bond acceptors (Lipinski definition) is 6. The van der Waals surface area contributed by atoms with Gasteiger partial charge in [-0.2, -0.15) is 5.10 Å². The van der Waals surface area contributed by atoms with Crippen LogP contribution in [0.5, 0.6) is 0 Å². The summed E-state index contributed by atoms with van der Waals surface area (Å²) < 4.78 is 12.0. The predicted molar refractivity (Wildman–Crippen MR) is 109 cm³/mol. The number of aromatic nitrogens is 2. The Balaban J connectivity index is 1.49. The highest BCUT2D eigenvalue weighted by molar-refractivity contribution is 5.91. The molecule has 0 radical (unpaired) electrons. The lowest BCUT2D eigenvalue weighted by molar-refractivity contribution is -0.151. The van der Waals surface area contributed by atoms with Crippen molar-refractivity contribution in [1.29, 1.82) is 0 Å². The summed E-state index contributed by atoms with van der Waals surface area (Å²) >= 11 is 0. The first-order chi connectivity index (χ1) is 14.4. The third kappa shape index (κ3) is 5.06.